The third-order valence-electron chi connectivity index (χ3n) is 2.70. The van der Waals surface area contributed by atoms with Crippen molar-refractivity contribution in [2.24, 2.45) is 5.73 Å². The van der Waals surface area contributed by atoms with Gasteiger partial charge in [0.25, 0.3) is 0 Å². The van der Waals surface area contributed by atoms with Gasteiger partial charge in [0.15, 0.2) is 0 Å². The Kier molecular flexibility index (Phi) is 3.29. The maximum Gasteiger partial charge on any atom is 0.0807 e. The van der Waals surface area contributed by atoms with E-state index in [1.807, 2.05) is 6.08 Å². The average Bonchev–Trinajstić information content (AvgIpc) is 2.06. The van der Waals surface area contributed by atoms with Gasteiger partial charge in [-0.15, -0.1) is 6.58 Å². The normalized spacial score (nSPS) is 32.8. The smallest absolute Gasteiger partial charge is 0.0807 e. The number of rotatable bonds is 3. The van der Waals surface area contributed by atoms with E-state index in [-0.39, 0.29) is 11.6 Å². The molecule has 70 valence electrons. The summed E-state index contributed by atoms with van der Waals surface area (Å²) in [6.07, 6.45) is 6.21. The highest BCUT2D eigenvalue weighted by Gasteiger charge is 2.33. The second kappa shape index (κ2) is 4.06. The second-order valence-electron chi connectivity index (χ2n) is 3.75. The van der Waals surface area contributed by atoms with Gasteiger partial charge in [-0.2, -0.15) is 0 Å². The van der Waals surface area contributed by atoms with Crippen molar-refractivity contribution in [2.45, 2.75) is 44.2 Å². The van der Waals surface area contributed by atoms with Crippen LogP contribution in [0, 0.1) is 0 Å². The third-order valence-corrected chi connectivity index (χ3v) is 2.70. The zero-order chi connectivity index (χ0) is 9.03. The summed E-state index contributed by atoms with van der Waals surface area (Å²) in [6, 6.07) is 0.107. The molecule has 1 heterocycles. The van der Waals surface area contributed by atoms with Gasteiger partial charge in [0.05, 0.1) is 5.60 Å². The van der Waals surface area contributed by atoms with Crippen LogP contribution >= 0.6 is 0 Å². The highest BCUT2D eigenvalue weighted by molar-refractivity contribution is 4.92. The molecule has 1 aliphatic rings. The molecule has 1 saturated heterocycles. The standard InChI is InChI=1S/C10H19NO/c1-3-6-9(11)10(2)7-4-5-8-12-10/h3,9H,1,4-8,11H2,2H3. The SMILES string of the molecule is C=CCC(N)C1(C)CCCCO1. The predicted molar refractivity (Wildman–Crippen MR) is 51.0 cm³/mol. The van der Waals surface area contributed by atoms with Crippen molar-refractivity contribution in [3.8, 4) is 0 Å². The molecule has 1 aliphatic heterocycles. The summed E-state index contributed by atoms with van der Waals surface area (Å²) in [5.41, 5.74) is 5.89. The Morgan fingerprint density at radius 1 is 1.67 bits per heavy atom. The minimum absolute atomic E-state index is 0.105. The first-order chi connectivity index (χ1) is 5.69. The Bertz CT molecular complexity index is 150. The maximum absolute atomic E-state index is 6.00. The molecular weight excluding hydrogens is 150 g/mol. The molecule has 0 amide bonds. The van der Waals surface area contributed by atoms with Crippen LogP contribution < -0.4 is 5.73 Å². The largest absolute Gasteiger partial charge is 0.374 e. The molecule has 2 nitrogen and oxygen atoms in total. The minimum Gasteiger partial charge on any atom is -0.374 e. The summed E-state index contributed by atoms with van der Waals surface area (Å²) in [7, 11) is 0. The molecule has 2 unspecified atom stereocenters. The molecule has 0 aliphatic carbocycles. The molecular formula is C10H19NO. The van der Waals surface area contributed by atoms with E-state index in [0.717, 1.165) is 19.4 Å². The van der Waals surface area contributed by atoms with Crippen molar-refractivity contribution in [1.29, 1.82) is 0 Å². The first-order valence-corrected chi connectivity index (χ1v) is 4.69. The van der Waals surface area contributed by atoms with Crippen LogP contribution in [0.1, 0.15) is 32.6 Å². The van der Waals surface area contributed by atoms with Gasteiger partial charge < -0.3 is 10.5 Å². The first kappa shape index (κ1) is 9.75. The number of hydrogen-bond acceptors (Lipinski definition) is 2. The van der Waals surface area contributed by atoms with E-state index in [4.69, 9.17) is 10.5 Å². The zero-order valence-corrected chi connectivity index (χ0v) is 7.88. The molecule has 2 N–H and O–H groups in total. The van der Waals surface area contributed by atoms with Crippen molar-refractivity contribution in [1.82, 2.24) is 0 Å². The van der Waals surface area contributed by atoms with Crippen molar-refractivity contribution in [3.63, 3.8) is 0 Å². The molecule has 0 radical (unpaired) electrons. The highest BCUT2D eigenvalue weighted by atomic mass is 16.5. The zero-order valence-electron chi connectivity index (χ0n) is 7.88. The van der Waals surface area contributed by atoms with Crippen LogP contribution in [0.15, 0.2) is 12.7 Å². The summed E-state index contributed by atoms with van der Waals surface area (Å²) < 4.78 is 5.71. The van der Waals surface area contributed by atoms with Gasteiger partial charge in [-0.3, -0.25) is 0 Å². The lowest BCUT2D eigenvalue weighted by Crippen LogP contribution is -2.49. The molecule has 2 heteroatoms. The lowest BCUT2D eigenvalue weighted by molar-refractivity contribution is -0.0803. The molecule has 0 bridgehead atoms. The molecule has 1 fully saturated rings. The summed E-state index contributed by atoms with van der Waals surface area (Å²) >= 11 is 0. The van der Waals surface area contributed by atoms with E-state index in [0.29, 0.717) is 0 Å². The lowest BCUT2D eigenvalue weighted by atomic mass is 9.87. The third kappa shape index (κ3) is 2.08. The van der Waals surface area contributed by atoms with Crippen molar-refractivity contribution >= 4 is 0 Å². The van der Waals surface area contributed by atoms with Crippen LogP contribution in [-0.2, 0) is 4.74 Å². The van der Waals surface area contributed by atoms with Crippen molar-refractivity contribution < 1.29 is 4.74 Å². The maximum atomic E-state index is 6.00. The Labute approximate surface area is 74.8 Å². The van der Waals surface area contributed by atoms with Crippen LogP contribution in [0.2, 0.25) is 0 Å². The molecule has 0 saturated carbocycles. The van der Waals surface area contributed by atoms with E-state index >= 15 is 0 Å². The van der Waals surface area contributed by atoms with Gasteiger partial charge in [-0.05, 0) is 32.6 Å². The minimum atomic E-state index is -0.105. The molecule has 0 aromatic heterocycles. The van der Waals surface area contributed by atoms with Gasteiger partial charge in [0.2, 0.25) is 0 Å². The summed E-state index contributed by atoms with van der Waals surface area (Å²) in [5, 5.41) is 0. The Hall–Kier alpha value is -0.340. The Morgan fingerprint density at radius 2 is 2.42 bits per heavy atom. The fourth-order valence-electron chi connectivity index (χ4n) is 1.68. The van der Waals surface area contributed by atoms with Crippen molar-refractivity contribution in [3.05, 3.63) is 12.7 Å². The van der Waals surface area contributed by atoms with Gasteiger partial charge in [0, 0.05) is 12.6 Å². The average molecular weight is 169 g/mol. The highest BCUT2D eigenvalue weighted by Crippen LogP contribution is 2.28. The van der Waals surface area contributed by atoms with Gasteiger partial charge in [-0.1, -0.05) is 6.08 Å². The van der Waals surface area contributed by atoms with E-state index in [9.17, 15) is 0 Å². The van der Waals surface area contributed by atoms with E-state index in [2.05, 4.69) is 13.5 Å². The number of ether oxygens (including phenoxy) is 1. The topological polar surface area (TPSA) is 35.2 Å². The Morgan fingerprint density at radius 3 is 2.92 bits per heavy atom. The van der Waals surface area contributed by atoms with Gasteiger partial charge >= 0.3 is 0 Å². The van der Waals surface area contributed by atoms with E-state index in [1.165, 1.54) is 12.8 Å². The fraction of sp³-hybridized carbons (Fsp3) is 0.800. The fourth-order valence-corrected chi connectivity index (χ4v) is 1.68. The summed E-state index contributed by atoms with van der Waals surface area (Å²) in [6.45, 7) is 6.66. The lowest BCUT2D eigenvalue weighted by Gasteiger charge is -2.38. The molecule has 1 rings (SSSR count). The van der Waals surface area contributed by atoms with Crippen LogP contribution in [-0.4, -0.2) is 18.2 Å². The van der Waals surface area contributed by atoms with Crippen LogP contribution in [0.5, 0.6) is 0 Å². The molecule has 12 heavy (non-hydrogen) atoms. The number of nitrogens with two attached hydrogens (primary N) is 1. The summed E-state index contributed by atoms with van der Waals surface area (Å²) in [4.78, 5) is 0. The second-order valence-corrected chi connectivity index (χ2v) is 3.75. The van der Waals surface area contributed by atoms with Crippen LogP contribution in [0.25, 0.3) is 0 Å². The Balaban J connectivity index is 2.49. The monoisotopic (exact) mass is 169 g/mol. The van der Waals surface area contributed by atoms with Crippen molar-refractivity contribution in [2.75, 3.05) is 6.61 Å². The predicted octanol–water partition coefficient (Wildman–Crippen LogP) is 1.85. The molecule has 0 spiro atoms. The molecule has 2 atom stereocenters. The molecule has 0 aromatic carbocycles. The molecule has 0 aromatic rings. The van der Waals surface area contributed by atoms with Crippen LogP contribution in [0.3, 0.4) is 0 Å². The summed E-state index contributed by atoms with van der Waals surface area (Å²) in [5.74, 6) is 0. The van der Waals surface area contributed by atoms with Gasteiger partial charge in [-0.25, -0.2) is 0 Å². The van der Waals surface area contributed by atoms with Crippen LogP contribution in [0.4, 0.5) is 0 Å². The number of hydrogen-bond donors (Lipinski definition) is 1. The van der Waals surface area contributed by atoms with Gasteiger partial charge in [0.1, 0.15) is 0 Å². The van der Waals surface area contributed by atoms with E-state index < -0.39 is 0 Å². The van der Waals surface area contributed by atoms with E-state index in [1.54, 1.807) is 0 Å². The first-order valence-electron chi connectivity index (χ1n) is 4.69. The quantitative estimate of drug-likeness (QED) is 0.654.